The number of pyridine rings is 1. The summed E-state index contributed by atoms with van der Waals surface area (Å²) in [4.78, 5) is 4.44. The third-order valence-electron chi connectivity index (χ3n) is 3.19. The first-order valence-electron chi connectivity index (χ1n) is 5.39. The van der Waals surface area contributed by atoms with Crippen molar-refractivity contribution in [3.05, 3.63) is 23.3 Å². The molecule has 0 aliphatic carbocycles. The standard InChI is InChI=1S/C12H18N3/c1-6-15-10(4)14(5)11-8(2)7-13-9(3)12(11)15/h7H,6H2,1-5H3/q+1. The summed E-state index contributed by atoms with van der Waals surface area (Å²) >= 11 is 0. The average molecular weight is 204 g/mol. The topological polar surface area (TPSA) is 21.7 Å². The maximum atomic E-state index is 4.44. The second-order valence-electron chi connectivity index (χ2n) is 4.07. The molecule has 2 heterocycles. The Morgan fingerprint density at radius 1 is 1.33 bits per heavy atom. The van der Waals surface area contributed by atoms with Gasteiger partial charge in [0.05, 0.1) is 19.3 Å². The van der Waals surface area contributed by atoms with E-state index in [1.807, 2.05) is 6.20 Å². The predicted molar refractivity (Wildman–Crippen MR) is 60.8 cm³/mol. The van der Waals surface area contributed by atoms with Crippen LogP contribution in [-0.4, -0.2) is 9.55 Å². The highest BCUT2D eigenvalue weighted by Crippen LogP contribution is 2.19. The van der Waals surface area contributed by atoms with Crippen LogP contribution in [0.2, 0.25) is 0 Å². The van der Waals surface area contributed by atoms with E-state index in [4.69, 9.17) is 0 Å². The third-order valence-corrected chi connectivity index (χ3v) is 3.19. The largest absolute Gasteiger partial charge is 0.257 e. The molecule has 0 amide bonds. The Kier molecular flexibility index (Phi) is 2.25. The molecule has 0 aliphatic rings. The Balaban J connectivity index is 3.02. The normalized spacial score (nSPS) is 11.3. The van der Waals surface area contributed by atoms with Crippen LogP contribution in [0.15, 0.2) is 6.20 Å². The van der Waals surface area contributed by atoms with Crippen LogP contribution in [0.1, 0.15) is 24.0 Å². The van der Waals surface area contributed by atoms with Crippen LogP contribution in [0.4, 0.5) is 0 Å². The summed E-state index contributed by atoms with van der Waals surface area (Å²) in [6.45, 7) is 9.52. The van der Waals surface area contributed by atoms with Crippen LogP contribution in [-0.2, 0) is 13.6 Å². The van der Waals surface area contributed by atoms with E-state index in [1.54, 1.807) is 0 Å². The van der Waals surface area contributed by atoms with E-state index in [1.165, 1.54) is 22.4 Å². The van der Waals surface area contributed by atoms with E-state index >= 15 is 0 Å². The number of hydrogen-bond acceptors (Lipinski definition) is 1. The molecule has 0 radical (unpaired) electrons. The number of imidazole rings is 1. The van der Waals surface area contributed by atoms with Gasteiger partial charge in [0.15, 0.2) is 11.0 Å². The lowest BCUT2D eigenvalue weighted by molar-refractivity contribution is -0.652. The lowest BCUT2D eigenvalue weighted by Gasteiger charge is -1.97. The first-order chi connectivity index (χ1) is 7.07. The maximum absolute atomic E-state index is 4.44. The quantitative estimate of drug-likeness (QED) is 0.649. The van der Waals surface area contributed by atoms with Crippen LogP contribution < -0.4 is 4.57 Å². The van der Waals surface area contributed by atoms with Gasteiger partial charge >= 0.3 is 0 Å². The number of fused-ring (bicyclic) bond motifs is 1. The second-order valence-corrected chi connectivity index (χ2v) is 4.07. The number of rotatable bonds is 1. The molecule has 2 aromatic heterocycles. The van der Waals surface area contributed by atoms with Crippen molar-refractivity contribution in [1.82, 2.24) is 9.55 Å². The minimum atomic E-state index is 0.995. The summed E-state index contributed by atoms with van der Waals surface area (Å²) in [5, 5.41) is 0. The number of hydrogen-bond donors (Lipinski definition) is 0. The van der Waals surface area contributed by atoms with Crippen LogP contribution in [0.25, 0.3) is 11.0 Å². The smallest absolute Gasteiger partial charge is 0.254 e. The minimum Gasteiger partial charge on any atom is -0.257 e. The third kappa shape index (κ3) is 1.26. The van der Waals surface area contributed by atoms with Gasteiger partial charge in [-0.3, -0.25) is 4.98 Å². The molecule has 0 fully saturated rings. The summed E-state index contributed by atoms with van der Waals surface area (Å²) in [5.74, 6) is 1.28. The van der Waals surface area contributed by atoms with Crippen LogP contribution in [0.5, 0.6) is 0 Å². The van der Waals surface area contributed by atoms with Crippen molar-refractivity contribution in [2.45, 2.75) is 34.2 Å². The number of nitrogens with zero attached hydrogens (tertiary/aromatic N) is 3. The van der Waals surface area contributed by atoms with Crippen molar-refractivity contribution < 1.29 is 4.57 Å². The van der Waals surface area contributed by atoms with Gasteiger partial charge in [0.25, 0.3) is 5.82 Å². The van der Waals surface area contributed by atoms with E-state index in [9.17, 15) is 0 Å². The van der Waals surface area contributed by atoms with E-state index in [0.29, 0.717) is 0 Å². The summed E-state index contributed by atoms with van der Waals surface area (Å²) in [5.41, 5.74) is 4.94. The van der Waals surface area contributed by atoms with Crippen molar-refractivity contribution in [2.24, 2.45) is 7.05 Å². The summed E-state index contributed by atoms with van der Waals surface area (Å²) < 4.78 is 4.58. The molecule has 0 unspecified atom stereocenters. The molecule has 15 heavy (non-hydrogen) atoms. The Bertz CT molecular complexity index is 523. The van der Waals surface area contributed by atoms with E-state index in [2.05, 4.69) is 48.9 Å². The molecular formula is C12H18N3+. The van der Waals surface area contributed by atoms with Gasteiger partial charge in [-0.15, -0.1) is 0 Å². The predicted octanol–water partition coefficient (Wildman–Crippen LogP) is 1.81. The first-order valence-corrected chi connectivity index (χ1v) is 5.39. The van der Waals surface area contributed by atoms with E-state index in [0.717, 1.165) is 12.2 Å². The summed E-state index contributed by atoms with van der Waals surface area (Å²) in [6.07, 6.45) is 1.96. The molecule has 2 rings (SSSR count). The molecule has 0 saturated heterocycles. The zero-order valence-corrected chi connectivity index (χ0v) is 10.1. The molecule has 0 aromatic carbocycles. The van der Waals surface area contributed by atoms with Crippen molar-refractivity contribution >= 4 is 11.0 Å². The highest BCUT2D eigenvalue weighted by molar-refractivity contribution is 5.77. The van der Waals surface area contributed by atoms with Gasteiger partial charge < -0.3 is 0 Å². The van der Waals surface area contributed by atoms with E-state index < -0.39 is 0 Å². The molecule has 3 heteroatoms. The van der Waals surface area contributed by atoms with Crippen molar-refractivity contribution in [1.29, 1.82) is 0 Å². The Labute approximate surface area is 90.4 Å². The maximum Gasteiger partial charge on any atom is 0.254 e. The molecule has 2 aromatic rings. The molecule has 3 nitrogen and oxygen atoms in total. The van der Waals surface area contributed by atoms with Gasteiger partial charge in [0.1, 0.15) is 0 Å². The van der Waals surface area contributed by atoms with Gasteiger partial charge in [-0.05, 0) is 20.8 Å². The summed E-state index contributed by atoms with van der Waals surface area (Å²) in [7, 11) is 2.12. The van der Waals surface area contributed by atoms with Gasteiger partial charge in [0.2, 0.25) is 0 Å². The van der Waals surface area contributed by atoms with Crippen LogP contribution in [0, 0.1) is 20.8 Å². The number of aromatic nitrogens is 3. The van der Waals surface area contributed by atoms with Gasteiger partial charge in [-0.1, -0.05) is 0 Å². The highest BCUT2D eigenvalue weighted by Gasteiger charge is 2.21. The fourth-order valence-corrected chi connectivity index (χ4v) is 2.31. The fraction of sp³-hybridized carbons (Fsp3) is 0.500. The molecule has 0 atom stereocenters. The SMILES string of the molecule is CCn1c(C)[n+](C)c2c(C)cnc(C)c21. The van der Waals surface area contributed by atoms with Crippen LogP contribution in [0.3, 0.4) is 0 Å². The molecule has 0 aliphatic heterocycles. The van der Waals surface area contributed by atoms with E-state index in [-0.39, 0.29) is 0 Å². The lowest BCUT2D eigenvalue weighted by Crippen LogP contribution is -2.31. The minimum absolute atomic E-state index is 0.995. The molecular weight excluding hydrogens is 186 g/mol. The summed E-state index contributed by atoms with van der Waals surface area (Å²) in [6, 6.07) is 0. The van der Waals surface area contributed by atoms with Gasteiger partial charge in [-0.2, -0.15) is 0 Å². The Hall–Kier alpha value is -1.38. The zero-order valence-electron chi connectivity index (χ0n) is 10.1. The van der Waals surface area contributed by atoms with Crippen LogP contribution >= 0.6 is 0 Å². The second kappa shape index (κ2) is 3.33. The van der Waals surface area contributed by atoms with Crippen molar-refractivity contribution in [3.8, 4) is 0 Å². The van der Waals surface area contributed by atoms with Crippen molar-refractivity contribution in [2.75, 3.05) is 0 Å². The Morgan fingerprint density at radius 2 is 2.00 bits per heavy atom. The number of aryl methyl sites for hydroxylation is 4. The average Bonchev–Trinajstić information content (AvgIpc) is 2.47. The highest BCUT2D eigenvalue weighted by atomic mass is 15.2. The molecule has 0 saturated carbocycles. The molecule has 0 N–H and O–H groups in total. The lowest BCUT2D eigenvalue weighted by atomic mass is 10.2. The van der Waals surface area contributed by atoms with Gasteiger partial charge in [-0.25, -0.2) is 9.13 Å². The monoisotopic (exact) mass is 204 g/mol. The molecule has 80 valence electrons. The van der Waals surface area contributed by atoms with Crippen molar-refractivity contribution in [3.63, 3.8) is 0 Å². The Morgan fingerprint density at radius 3 is 2.60 bits per heavy atom. The fourth-order valence-electron chi connectivity index (χ4n) is 2.31. The zero-order chi connectivity index (χ0) is 11.2. The first kappa shape index (κ1) is 10.1. The molecule has 0 bridgehead atoms. The molecule has 0 spiro atoms. The van der Waals surface area contributed by atoms with Gasteiger partial charge in [0, 0.05) is 18.7 Å².